The van der Waals surface area contributed by atoms with Crippen LogP contribution in [0.15, 0.2) is 12.2 Å². The van der Waals surface area contributed by atoms with Gasteiger partial charge in [-0.3, -0.25) is 9.59 Å². The number of carbonyl (C=O) groups is 2. The minimum absolute atomic E-state index is 0.0398. The summed E-state index contributed by atoms with van der Waals surface area (Å²) in [6, 6.07) is 0. The summed E-state index contributed by atoms with van der Waals surface area (Å²) >= 11 is 0. The fraction of sp³-hybridized carbons (Fsp3) is 0.667. The van der Waals surface area contributed by atoms with Crippen LogP contribution >= 0.6 is 0 Å². The van der Waals surface area contributed by atoms with Crippen molar-refractivity contribution in [2.24, 2.45) is 5.92 Å². The number of hydrogen-bond acceptors (Lipinski definition) is 2. The average Bonchev–Trinajstić information content (AvgIpc) is 2.65. The highest BCUT2D eigenvalue weighted by atomic mass is 16.2. The van der Waals surface area contributed by atoms with Crippen LogP contribution in [0.3, 0.4) is 0 Å². The van der Waals surface area contributed by atoms with Crippen LogP contribution in [0.2, 0.25) is 0 Å². The second-order valence-electron chi connectivity index (χ2n) is 4.47. The summed E-state index contributed by atoms with van der Waals surface area (Å²) in [5.74, 6) is 0.496. The lowest BCUT2D eigenvalue weighted by molar-refractivity contribution is -0.127. The molecule has 1 amide bonds. The first-order valence-corrected chi connectivity index (χ1v) is 5.68. The molecule has 15 heavy (non-hydrogen) atoms. The molecular weight excluding hydrogens is 190 g/mol. The van der Waals surface area contributed by atoms with Crippen molar-refractivity contribution in [3.63, 3.8) is 0 Å². The van der Waals surface area contributed by atoms with Crippen molar-refractivity contribution in [1.29, 1.82) is 0 Å². The molecule has 0 aromatic rings. The maximum Gasteiger partial charge on any atom is 0.221 e. The molecule has 2 atom stereocenters. The van der Waals surface area contributed by atoms with Gasteiger partial charge in [-0.15, -0.1) is 0 Å². The maximum absolute atomic E-state index is 11.9. The number of Topliss-reactive ketones (excluding diaryl/α,β-unsaturated/α-hetero) is 1. The number of ketones is 1. The molecular formula is C12H17NO2. The molecule has 2 rings (SSSR count). The van der Waals surface area contributed by atoms with Crippen LogP contribution in [0.4, 0.5) is 0 Å². The van der Waals surface area contributed by atoms with Crippen LogP contribution < -0.4 is 5.32 Å². The van der Waals surface area contributed by atoms with Gasteiger partial charge in [0.2, 0.25) is 5.91 Å². The summed E-state index contributed by atoms with van der Waals surface area (Å²) in [7, 11) is 0. The highest BCUT2D eigenvalue weighted by molar-refractivity contribution is 5.98. The Bertz CT molecular complexity index is 322. The zero-order valence-corrected chi connectivity index (χ0v) is 9.08. The minimum Gasteiger partial charge on any atom is -0.343 e. The molecule has 0 aromatic carbocycles. The predicted octanol–water partition coefficient (Wildman–Crippen LogP) is 1.58. The largest absolute Gasteiger partial charge is 0.343 e. The van der Waals surface area contributed by atoms with Crippen molar-refractivity contribution in [2.75, 3.05) is 0 Å². The Morgan fingerprint density at radius 3 is 3.00 bits per heavy atom. The van der Waals surface area contributed by atoms with Gasteiger partial charge >= 0.3 is 0 Å². The Hall–Kier alpha value is -1.12. The molecule has 1 aliphatic carbocycles. The molecule has 3 nitrogen and oxygen atoms in total. The number of amides is 1. The topological polar surface area (TPSA) is 46.2 Å². The summed E-state index contributed by atoms with van der Waals surface area (Å²) in [4.78, 5) is 23.2. The van der Waals surface area contributed by atoms with Crippen LogP contribution in [0, 0.1) is 5.92 Å². The molecule has 1 aliphatic heterocycles. The van der Waals surface area contributed by atoms with Crippen molar-refractivity contribution < 1.29 is 9.59 Å². The normalized spacial score (nSPS) is 34.9. The molecule has 3 heteroatoms. The fourth-order valence-corrected chi connectivity index (χ4v) is 2.74. The van der Waals surface area contributed by atoms with Gasteiger partial charge in [0.1, 0.15) is 5.54 Å². The van der Waals surface area contributed by atoms with E-state index in [4.69, 9.17) is 0 Å². The highest BCUT2D eigenvalue weighted by Gasteiger charge is 2.54. The van der Waals surface area contributed by atoms with Crippen LogP contribution in [-0.4, -0.2) is 17.2 Å². The lowest BCUT2D eigenvalue weighted by Gasteiger charge is -2.25. The van der Waals surface area contributed by atoms with E-state index >= 15 is 0 Å². The molecule has 0 spiro atoms. The molecule has 2 aliphatic rings. The second kappa shape index (κ2) is 3.80. The highest BCUT2D eigenvalue weighted by Crippen LogP contribution is 2.41. The lowest BCUT2D eigenvalue weighted by Crippen LogP contribution is -2.48. The molecule has 1 saturated carbocycles. The zero-order chi connectivity index (χ0) is 10.9. The molecule has 0 radical (unpaired) electrons. The molecule has 0 bridgehead atoms. The van der Waals surface area contributed by atoms with Crippen LogP contribution in [0.25, 0.3) is 0 Å². The molecule has 2 unspecified atom stereocenters. The summed E-state index contributed by atoms with van der Waals surface area (Å²) in [6.07, 6.45) is 7.77. The summed E-state index contributed by atoms with van der Waals surface area (Å²) in [6.45, 7) is 2.06. The monoisotopic (exact) mass is 207 g/mol. The van der Waals surface area contributed by atoms with Crippen molar-refractivity contribution in [2.45, 2.75) is 44.6 Å². The van der Waals surface area contributed by atoms with E-state index in [-0.39, 0.29) is 17.6 Å². The SMILES string of the molecule is CC/C=C\CC12NC(=O)CC1CCC2=O. The maximum atomic E-state index is 11.9. The van der Waals surface area contributed by atoms with E-state index in [9.17, 15) is 9.59 Å². The van der Waals surface area contributed by atoms with Crippen LogP contribution in [0.5, 0.6) is 0 Å². The summed E-state index contributed by atoms with van der Waals surface area (Å²) in [5.41, 5.74) is -0.539. The van der Waals surface area contributed by atoms with Gasteiger partial charge in [0.25, 0.3) is 0 Å². The van der Waals surface area contributed by atoms with Gasteiger partial charge in [0, 0.05) is 12.8 Å². The average molecular weight is 207 g/mol. The van der Waals surface area contributed by atoms with E-state index in [2.05, 4.69) is 18.3 Å². The molecule has 1 heterocycles. The van der Waals surface area contributed by atoms with E-state index < -0.39 is 5.54 Å². The number of hydrogen-bond donors (Lipinski definition) is 1. The standard InChI is InChI=1S/C12H17NO2/c1-2-3-4-7-12-9(5-6-10(12)14)8-11(15)13-12/h3-4,9H,2,5-8H2,1H3,(H,13,15)/b4-3-. The van der Waals surface area contributed by atoms with Gasteiger partial charge in [0.15, 0.2) is 5.78 Å². The first kappa shape index (κ1) is 10.4. The third kappa shape index (κ3) is 1.60. The molecule has 82 valence electrons. The van der Waals surface area contributed by atoms with Crippen molar-refractivity contribution in [3.05, 3.63) is 12.2 Å². The first-order chi connectivity index (χ1) is 7.19. The van der Waals surface area contributed by atoms with Gasteiger partial charge in [-0.05, 0) is 25.2 Å². The van der Waals surface area contributed by atoms with Crippen molar-refractivity contribution in [3.8, 4) is 0 Å². The van der Waals surface area contributed by atoms with Gasteiger partial charge in [-0.1, -0.05) is 19.1 Å². The van der Waals surface area contributed by atoms with E-state index in [1.165, 1.54) is 0 Å². The Balaban J connectivity index is 2.17. The van der Waals surface area contributed by atoms with E-state index in [1.807, 2.05) is 6.08 Å². The first-order valence-electron chi connectivity index (χ1n) is 5.68. The van der Waals surface area contributed by atoms with E-state index in [0.29, 0.717) is 19.3 Å². The summed E-state index contributed by atoms with van der Waals surface area (Å²) < 4.78 is 0. The van der Waals surface area contributed by atoms with Crippen molar-refractivity contribution >= 4 is 11.7 Å². The fourth-order valence-electron chi connectivity index (χ4n) is 2.74. The van der Waals surface area contributed by atoms with E-state index in [0.717, 1.165) is 12.8 Å². The second-order valence-corrected chi connectivity index (χ2v) is 4.47. The minimum atomic E-state index is -0.539. The Morgan fingerprint density at radius 2 is 2.27 bits per heavy atom. The Morgan fingerprint density at radius 1 is 1.47 bits per heavy atom. The van der Waals surface area contributed by atoms with Gasteiger partial charge in [-0.25, -0.2) is 0 Å². The van der Waals surface area contributed by atoms with Crippen LogP contribution in [0.1, 0.15) is 39.0 Å². The van der Waals surface area contributed by atoms with E-state index in [1.54, 1.807) is 0 Å². The quantitative estimate of drug-likeness (QED) is 0.714. The van der Waals surface area contributed by atoms with Gasteiger partial charge in [0.05, 0.1) is 0 Å². The van der Waals surface area contributed by atoms with Gasteiger partial charge < -0.3 is 5.32 Å². The molecule has 1 saturated heterocycles. The number of nitrogens with one attached hydrogen (secondary N) is 1. The predicted molar refractivity (Wildman–Crippen MR) is 57.3 cm³/mol. The smallest absolute Gasteiger partial charge is 0.221 e. The summed E-state index contributed by atoms with van der Waals surface area (Å²) in [5, 5.41) is 2.90. The Labute approximate surface area is 89.9 Å². The van der Waals surface area contributed by atoms with Crippen LogP contribution in [-0.2, 0) is 9.59 Å². The lowest BCUT2D eigenvalue weighted by atomic mass is 9.85. The number of fused-ring (bicyclic) bond motifs is 1. The molecule has 0 aromatic heterocycles. The zero-order valence-electron chi connectivity index (χ0n) is 9.08. The number of allylic oxidation sites excluding steroid dienone is 1. The third-order valence-corrected chi connectivity index (χ3v) is 3.55. The number of carbonyl (C=O) groups excluding carboxylic acids is 2. The third-order valence-electron chi connectivity index (χ3n) is 3.55. The number of rotatable bonds is 3. The molecule has 1 N–H and O–H groups in total. The molecule has 2 fully saturated rings. The van der Waals surface area contributed by atoms with Gasteiger partial charge in [-0.2, -0.15) is 0 Å². The van der Waals surface area contributed by atoms with Crippen molar-refractivity contribution in [1.82, 2.24) is 5.32 Å². The Kier molecular flexibility index (Phi) is 2.63.